The van der Waals surface area contributed by atoms with E-state index in [2.05, 4.69) is 5.10 Å². The van der Waals surface area contributed by atoms with E-state index < -0.39 is 5.82 Å². The molecule has 1 heterocycles. The lowest BCUT2D eigenvalue weighted by Crippen LogP contribution is -1.88. The normalized spacial score (nSPS) is 10.4. The summed E-state index contributed by atoms with van der Waals surface area (Å²) in [5, 5.41) is 4.14. The molecule has 2 aromatic rings. The molecule has 0 unspecified atom stereocenters. The van der Waals surface area contributed by atoms with Crippen molar-refractivity contribution in [2.75, 3.05) is 0 Å². The van der Waals surface area contributed by atoms with Crippen molar-refractivity contribution in [3.05, 3.63) is 40.8 Å². The highest BCUT2D eigenvalue weighted by atomic mass is 35.5. The first kappa shape index (κ1) is 10.8. The van der Waals surface area contributed by atoms with Crippen LogP contribution in [0.1, 0.15) is 10.4 Å². The van der Waals surface area contributed by atoms with Crippen molar-refractivity contribution in [3.8, 4) is 11.3 Å². The number of aldehydes is 1. The third-order valence-electron chi connectivity index (χ3n) is 2.18. The molecule has 16 heavy (non-hydrogen) atoms. The monoisotopic (exact) mass is 238 g/mol. The van der Waals surface area contributed by atoms with Gasteiger partial charge in [0.05, 0.1) is 10.6 Å². The molecule has 5 heteroatoms. The topological polar surface area (TPSA) is 34.9 Å². The van der Waals surface area contributed by atoms with Crippen LogP contribution >= 0.6 is 11.6 Å². The highest BCUT2D eigenvalue weighted by Gasteiger charge is 2.11. The van der Waals surface area contributed by atoms with Crippen LogP contribution in [0.2, 0.25) is 5.02 Å². The molecule has 0 aliphatic heterocycles. The fourth-order valence-electron chi connectivity index (χ4n) is 1.46. The van der Waals surface area contributed by atoms with Crippen LogP contribution in [0.4, 0.5) is 4.39 Å². The maximum absolute atomic E-state index is 13.0. The van der Waals surface area contributed by atoms with Gasteiger partial charge in [0.1, 0.15) is 11.5 Å². The molecule has 0 amide bonds. The van der Waals surface area contributed by atoms with Gasteiger partial charge < -0.3 is 0 Å². The van der Waals surface area contributed by atoms with Crippen molar-refractivity contribution in [2.45, 2.75) is 0 Å². The molecular weight excluding hydrogens is 231 g/mol. The molecule has 1 aromatic carbocycles. The van der Waals surface area contributed by atoms with E-state index in [4.69, 9.17) is 11.6 Å². The molecule has 3 nitrogen and oxygen atoms in total. The van der Waals surface area contributed by atoms with E-state index in [9.17, 15) is 9.18 Å². The summed E-state index contributed by atoms with van der Waals surface area (Å²) < 4.78 is 14.5. The van der Waals surface area contributed by atoms with Gasteiger partial charge in [0.15, 0.2) is 6.29 Å². The Balaban J connectivity index is 2.57. The van der Waals surface area contributed by atoms with Crippen LogP contribution in [0.3, 0.4) is 0 Å². The minimum absolute atomic E-state index is 0.0139. The van der Waals surface area contributed by atoms with Gasteiger partial charge in [-0.3, -0.25) is 9.48 Å². The Kier molecular flexibility index (Phi) is 2.75. The number of carbonyl (C=O) groups excluding carboxylic acids is 1. The van der Waals surface area contributed by atoms with Gasteiger partial charge in [0.2, 0.25) is 0 Å². The Morgan fingerprint density at radius 1 is 1.50 bits per heavy atom. The second kappa shape index (κ2) is 4.06. The van der Waals surface area contributed by atoms with Crippen LogP contribution in [0.5, 0.6) is 0 Å². The van der Waals surface area contributed by atoms with Crippen LogP contribution in [-0.4, -0.2) is 16.1 Å². The number of nitrogens with zero attached hydrogens (tertiary/aromatic N) is 2. The number of rotatable bonds is 2. The summed E-state index contributed by atoms with van der Waals surface area (Å²) >= 11 is 5.67. The molecule has 0 spiro atoms. The van der Waals surface area contributed by atoms with Gasteiger partial charge in [-0.2, -0.15) is 5.10 Å². The fraction of sp³-hybridized carbons (Fsp3) is 0.0909. The number of aryl methyl sites for hydroxylation is 1. The lowest BCUT2D eigenvalue weighted by molar-refractivity contribution is 0.112. The Labute approximate surface area is 96.5 Å². The molecule has 0 saturated carbocycles. The van der Waals surface area contributed by atoms with Crippen LogP contribution in [-0.2, 0) is 7.05 Å². The standard InChI is InChI=1S/C11H8ClFN2O/c1-15-5-8(6-16)11(14-15)7-2-3-10(13)9(12)4-7/h2-6H,1H3. The fourth-order valence-corrected chi connectivity index (χ4v) is 1.64. The summed E-state index contributed by atoms with van der Waals surface area (Å²) in [6.45, 7) is 0. The van der Waals surface area contributed by atoms with E-state index in [-0.39, 0.29) is 5.02 Å². The van der Waals surface area contributed by atoms with Gasteiger partial charge in [-0.25, -0.2) is 4.39 Å². The Bertz CT molecular complexity index is 551. The molecule has 0 fully saturated rings. The zero-order valence-corrected chi connectivity index (χ0v) is 9.20. The predicted molar refractivity (Wildman–Crippen MR) is 59.0 cm³/mol. The molecule has 0 atom stereocenters. The van der Waals surface area contributed by atoms with Crippen LogP contribution < -0.4 is 0 Å². The van der Waals surface area contributed by atoms with E-state index in [0.29, 0.717) is 23.1 Å². The van der Waals surface area contributed by atoms with Crippen molar-refractivity contribution >= 4 is 17.9 Å². The first-order chi connectivity index (χ1) is 7.61. The van der Waals surface area contributed by atoms with Gasteiger partial charge in [0, 0.05) is 18.8 Å². The highest BCUT2D eigenvalue weighted by Crippen LogP contribution is 2.25. The van der Waals surface area contributed by atoms with E-state index >= 15 is 0 Å². The molecule has 1 aromatic heterocycles. The Morgan fingerprint density at radius 3 is 2.88 bits per heavy atom. The summed E-state index contributed by atoms with van der Waals surface area (Å²) in [6, 6.07) is 4.24. The van der Waals surface area contributed by atoms with Gasteiger partial charge in [-0.1, -0.05) is 11.6 Å². The minimum atomic E-state index is -0.492. The van der Waals surface area contributed by atoms with E-state index in [1.54, 1.807) is 13.2 Å². The number of hydrogen-bond donors (Lipinski definition) is 0. The molecule has 0 radical (unpaired) electrons. The lowest BCUT2D eigenvalue weighted by atomic mass is 10.1. The summed E-state index contributed by atoms with van der Waals surface area (Å²) in [5.74, 6) is -0.492. The molecular formula is C11H8ClFN2O. The first-order valence-corrected chi connectivity index (χ1v) is 4.94. The Morgan fingerprint density at radius 2 is 2.25 bits per heavy atom. The lowest BCUT2D eigenvalue weighted by Gasteiger charge is -1.99. The summed E-state index contributed by atoms with van der Waals surface area (Å²) in [6.07, 6.45) is 2.30. The van der Waals surface area contributed by atoms with Crippen LogP contribution in [0.15, 0.2) is 24.4 Å². The molecule has 0 saturated heterocycles. The second-order valence-corrected chi connectivity index (χ2v) is 3.76. The van der Waals surface area contributed by atoms with E-state index in [1.807, 2.05) is 0 Å². The maximum atomic E-state index is 13.0. The molecule has 0 aliphatic carbocycles. The van der Waals surface area contributed by atoms with Crippen molar-refractivity contribution in [3.63, 3.8) is 0 Å². The van der Waals surface area contributed by atoms with Crippen molar-refractivity contribution < 1.29 is 9.18 Å². The number of carbonyl (C=O) groups is 1. The molecule has 0 N–H and O–H groups in total. The summed E-state index contributed by atoms with van der Waals surface area (Å²) in [4.78, 5) is 10.8. The zero-order chi connectivity index (χ0) is 11.7. The third kappa shape index (κ3) is 1.84. The minimum Gasteiger partial charge on any atom is -0.298 e. The third-order valence-corrected chi connectivity index (χ3v) is 2.47. The Hall–Kier alpha value is -1.68. The predicted octanol–water partition coefficient (Wildman–Crippen LogP) is 2.69. The average molecular weight is 239 g/mol. The average Bonchev–Trinajstić information content (AvgIpc) is 2.63. The van der Waals surface area contributed by atoms with E-state index in [0.717, 1.165) is 0 Å². The number of aromatic nitrogens is 2. The maximum Gasteiger partial charge on any atom is 0.153 e. The molecule has 82 valence electrons. The van der Waals surface area contributed by atoms with E-state index in [1.165, 1.54) is 22.9 Å². The van der Waals surface area contributed by atoms with Gasteiger partial charge in [0.25, 0.3) is 0 Å². The van der Waals surface area contributed by atoms with Crippen LogP contribution in [0, 0.1) is 5.82 Å². The van der Waals surface area contributed by atoms with Gasteiger partial charge in [-0.15, -0.1) is 0 Å². The number of hydrogen-bond acceptors (Lipinski definition) is 2. The molecule has 0 aliphatic rings. The molecule has 2 rings (SSSR count). The van der Waals surface area contributed by atoms with Gasteiger partial charge in [-0.05, 0) is 18.2 Å². The quantitative estimate of drug-likeness (QED) is 0.754. The van der Waals surface area contributed by atoms with Gasteiger partial charge >= 0.3 is 0 Å². The first-order valence-electron chi connectivity index (χ1n) is 4.56. The molecule has 0 bridgehead atoms. The smallest absolute Gasteiger partial charge is 0.153 e. The number of halogens is 2. The van der Waals surface area contributed by atoms with Crippen molar-refractivity contribution in [2.24, 2.45) is 7.05 Å². The van der Waals surface area contributed by atoms with Crippen molar-refractivity contribution in [1.29, 1.82) is 0 Å². The van der Waals surface area contributed by atoms with Crippen LogP contribution in [0.25, 0.3) is 11.3 Å². The number of benzene rings is 1. The van der Waals surface area contributed by atoms with Crippen molar-refractivity contribution in [1.82, 2.24) is 9.78 Å². The zero-order valence-electron chi connectivity index (χ0n) is 8.45. The summed E-state index contributed by atoms with van der Waals surface area (Å²) in [7, 11) is 1.71. The second-order valence-electron chi connectivity index (χ2n) is 3.35. The SMILES string of the molecule is Cn1cc(C=O)c(-c2ccc(F)c(Cl)c2)n1. The highest BCUT2D eigenvalue weighted by molar-refractivity contribution is 6.31. The summed E-state index contributed by atoms with van der Waals surface area (Å²) in [5.41, 5.74) is 1.57. The largest absolute Gasteiger partial charge is 0.298 e.